The van der Waals surface area contributed by atoms with Crippen LogP contribution in [0.25, 0.3) is 11.1 Å². The SMILES string of the molecule is Cc1nn2c(c1-c1ccccc1)NCCC2C(C)(C)C. The highest BCUT2D eigenvalue weighted by molar-refractivity contribution is 5.78. The van der Waals surface area contributed by atoms with E-state index in [2.05, 4.69) is 68.0 Å². The zero-order valence-electron chi connectivity index (χ0n) is 12.8. The maximum absolute atomic E-state index is 4.83. The first-order valence-electron chi connectivity index (χ1n) is 7.37. The highest BCUT2D eigenvalue weighted by atomic mass is 15.4. The monoisotopic (exact) mass is 269 g/mol. The van der Waals surface area contributed by atoms with Gasteiger partial charge >= 0.3 is 0 Å². The summed E-state index contributed by atoms with van der Waals surface area (Å²) < 4.78 is 2.21. The average Bonchev–Trinajstić information content (AvgIpc) is 2.74. The van der Waals surface area contributed by atoms with E-state index in [4.69, 9.17) is 5.10 Å². The lowest BCUT2D eigenvalue weighted by molar-refractivity contribution is 0.210. The average molecular weight is 269 g/mol. The Morgan fingerprint density at radius 2 is 1.90 bits per heavy atom. The van der Waals surface area contributed by atoms with Crippen LogP contribution in [0.3, 0.4) is 0 Å². The molecule has 1 atom stereocenters. The molecule has 20 heavy (non-hydrogen) atoms. The molecule has 0 spiro atoms. The van der Waals surface area contributed by atoms with Crippen molar-refractivity contribution in [1.29, 1.82) is 0 Å². The first-order valence-corrected chi connectivity index (χ1v) is 7.37. The molecule has 2 heterocycles. The number of aromatic nitrogens is 2. The molecule has 1 aliphatic rings. The Bertz CT molecular complexity index is 605. The Hall–Kier alpha value is -1.77. The van der Waals surface area contributed by atoms with Crippen LogP contribution in [0.5, 0.6) is 0 Å². The smallest absolute Gasteiger partial charge is 0.132 e. The van der Waals surface area contributed by atoms with Crippen LogP contribution in [-0.2, 0) is 0 Å². The molecule has 0 amide bonds. The molecule has 0 saturated carbocycles. The van der Waals surface area contributed by atoms with Crippen molar-refractivity contribution < 1.29 is 0 Å². The summed E-state index contributed by atoms with van der Waals surface area (Å²) in [6.07, 6.45) is 1.13. The Morgan fingerprint density at radius 1 is 1.20 bits per heavy atom. The lowest BCUT2D eigenvalue weighted by atomic mass is 9.84. The van der Waals surface area contributed by atoms with Gasteiger partial charge in [0, 0.05) is 12.1 Å². The number of anilines is 1. The third-order valence-electron chi connectivity index (χ3n) is 4.15. The topological polar surface area (TPSA) is 29.9 Å². The second kappa shape index (κ2) is 4.65. The van der Waals surface area contributed by atoms with Crippen molar-refractivity contribution >= 4 is 5.82 Å². The number of hydrogen-bond acceptors (Lipinski definition) is 2. The van der Waals surface area contributed by atoms with E-state index in [1.807, 2.05) is 0 Å². The van der Waals surface area contributed by atoms with Gasteiger partial charge in [-0.15, -0.1) is 0 Å². The highest BCUT2D eigenvalue weighted by Crippen LogP contribution is 2.42. The van der Waals surface area contributed by atoms with E-state index in [9.17, 15) is 0 Å². The fourth-order valence-corrected chi connectivity index (χ4v) is 3.14. The molecule has 1 aromatic carbocycles. The van der Waals surface area contributed by atoms with E-state index >= 15 is 0 Å². The largest absolute Gasteiger partial charge is 0.370 e. The van der Waals surface area contributed by atoms with Crippen LogP contribution < -0.4 is 5.32 Å². The van der Waals surface area contributed by atoms with Gasteiger partial charge in [-0.2, -0.15) is 5.10 Å². The Labute approximate surface area is 121 Å². The second-order valence-corrected chi connectivity index (χ2v) is 6.72. The number of aryl methyl sites for hydroxylation is 1. The minimum Gasteiger partial charge on any atom is -0.370 e. The van der Waals surface area contributed by atoms with Crippen molar-refractivity contribution in [2.45, 2.75) is 40.2 Å². The summed E-state index contributed by atoms with van der Waals surface area (Å²) in [6, 6.07) is 11.0. The van der Waals surface area contributed by atoms with Crippen LogP contribution in [0.1, 0.15) is 38.9 Å². The van der Waals surface area contributed by atoms with Gasteiger partial charge in [-0.25, -0.2) is 4.68 Å². The van der Waals surface area contributed by atoms with Crippen molar-refractivity contribution in [1.82, 2.24) is 9.78 Å². The second-order valence-electron chi connectivity index (χ2n) is 6.72. The summed E-state index contributed by atoms with van der Waals surface area (Å²) in [7, 11) is 0. The summed E-state index contributed by atoms with van der Waals surface area (Å²) in [5.41, 5.74) is 3.83. The number of hydrogen-bond donors (Lipinski definition) is 1. The lowest BCUT2D eigenvalue weighted by Crippen LogP contribution is -2.32. The highest BCUT2D eigenvalue weighted by Gasteiger charge is 2.33. The van der Waals surface area contributed by atoms with Gasteiger partial charge in [0.1, 0.15) is 5.82 Å². The van der Waals surface area contributed by atoms with Crippen LogP contribution in [0.2, 0.25) is 0 Å². The van der Waals surface area contributed by atoms with Crippen molar-refractivity contribution in [3.8, 4) is 11.1 Å². The predicted octanol–water partition coefficient (Wildman–Crippen LogP) is 4.26. The summed E-state index contributed by atoms with van der Waals surface area (Å²) in [5.74, 6) is 1.18. The molecule has 1 N–H and O–H groups in total. The van der Waals surface area contributed by atoms with Crippen molar-refractivity contribution in [3.05, 3.63) is 36.0 Å². The Kier molecular flexibility index (Phi) is 3.08. The van der Waals surface area contributed by atoms with E-state index in [0.29, 0.717) is 6.04 Å². The first kappa shape index (κ1) is 13.2. The van der Waals surface area contributed by atoms with E-state index in [0.717, 1.165) is 18.7 Å². The minimum absolute atomic E-state index is 0.225. The van der Waals surface area contributed by atoms with E-state index in [-0.39, 0.29) is 5.41 Å². The minimum atomic E-state index is 0.225. The third-order valence-corrected chi connectivity index (χ3v) is 4.15. The van der Waals surface area contributed by atoms with Crippen molar-refractivity contribution in [2.75, 3.05) is 11.9 Å². The van der Waals surface area contributed by atoms with Gasteiger partial charge in [-0.3, -0.25) is 0 Å². The third kappa shape index (κ3) is 2.11. The molecule has 106 valence electrons. The molecule has 0 aliphatic carbocycles. The van der Waals surface area contributed by atoms with Gasteiger partial charge in [-0.1, -0.05) is 51.1 Å². The Morgan fingerprint density at radius 3 is 2.55 bits per heavy atom. The summed E-state index contributed by atoms with van der Waals surface area (Å²) in [5, 5.41) is 8.38. The quantitative estimate of drug-likeness (QED) is 0.838. The number of benzene rings is 1. The number of fused-ring (bicyclic) bond motifs is 1. The number of nitrogens with zero attached hydrogens (tertiary/aromatic N) is 2. The fraction of sp³-hybridized carbons (Fsp3) is 0.471. The predicted molar refractivity (Wildman–Crippen MR) is 84.0 cm³/mol. The van der Waals surface area contributed by atoms with Crippen molar-refractivity contribution in [2.24, 2.45) is 5.41 Å². The van der Waals surface area contributed by atoms with Crippen LogP contribution >= 0.6 is 0 Å². The molecule has 0 bridgehead atoms. The van der Waals surface area contributed by atoms with Crippen LogP contribution in [-0.4, -0.2) is 16.3 Å². The summed E-state index contributed by atoms with van der Waals surface area (Å²) in [6.45, 7) is 10.0. The molecule has 0 radical (unpaired) electrons. The normalized spacial score (nSPS) is 18.5. The van der Waals surface area contributed by atoms with Crippen LogP contribution in [0, 0.1) is 12.3 Å². The zero-order chi connectivity index (χ0) is 14.3. The first-order chi connectivity index (χ1) is 9.48. The fourth-order valence-electron chi connectivity index (χ4n) is 3.14. The molecule has 3 nitrogen and oxygen atoms in total. The molecule has 1 aromatic heterocycles. The molecule has 1 unspecified atom stereocenters. The molecule has 1 aliphatic heterocycles. The molecule has 2 aromatic rings. The van der Waals surface area contributed by atoms with Gasteiger partial charge in [0.15, 0.2) is 0 Å². The number of rotatable bonds is 1. The molecule has 0 saturated heterocycles. The van der Waals surface area contributed by atoms with Crippen LogP contribution in [0.4, 0.5) is 5.82 Å². The Balaban J connectivity index is 2.14. The van der Waals surface area contributed by atoms with E-state index in [1.165, 1.54) is 16.9 Å². The molecule has 3 heteroatoms. The standard InChI is InChI=1S/C17H23N3/c1-12-15(13-8-6-5-7-9-13)16-18-11-10-14(17(2,3)4)20(16)19-12/h5-9,14,18H,10-11H2,1-4H3. The van der Waals surface area contributed by atoms with E-state index in [1.54, 1.807) is 0 Å². The van der Waals surface area contributed by atoms with Gasteiger partial charge in [0.2, 0.25) is 0 Å². The maximum atomic E-state index is 4.83. The zero-order valence-corrected chi connectivity index (χ0v) is 12.8. The van der Waals surface area contributed by atoms with Gasteiger partial charge < -0.3 is 5.32 Å². The summed E-state index contributed by atoms with van der Waals surface area (Å²) >= 11 is 0. The van der Waals surface area contributed by atoms with Gasteiger partial charge in [-0.05, 0) is 24.3 Å². The summed E-state index contributed by atoms with van der Waals surface area (Å²) in [4.78, 5) is 0. The lowest BCUT2D eigenvalue weighted by Gasteiger charge is -2.35. The van der Waals surface area contributed by atoms with Gasteiger partial charge in [0.25, 0.3) is 0 Å². The molecular formula is C17H23N3. The molecule has 0 fully saturated rings. The maximum Gasteiger partial charge on any atom is 0.132 e. The van der Waals surface area contributed by atoms with Gasteiger partial charge in [0.05, 0.1) is 11.7 Å². The molecular weight excluding hydrogens is 246 g/mol. The van der Waals surface area contributed by atoms with Crippen LogP contribution in [0.15, 0.2) is 30.3 Å². The number of nitrogens with one attached hydrogen (secondary N) is 1. The molecule has 3 rings (SSSR count). The van der Waals surface area contributed by atoms with E-state index < -0.39 is 0 Å². The van der Waals surface area contributed by atoms with Crippen molar-refractivity contribution in [3.63, 3.8) is 0 Å².